The van der Waals surface area contributed by atoms with Gasteiger partial charge < -0.3 is 5.11 Å². The van der Waals surface area contributed by atoms with Crippen molar-refractivity contribution in [3.63, 3.8) is 0 Å². The number of hydrogen-bond donors (Lipinski definition) is 1. The summed E-state index contributed by atoms with van der Waals surface area (Å²) in [4.78, 5) is 25.5. The van der Waals surface area contributed by atoms with Crippen LogP contribution in [0, 0.1) is 34.9 Å². The molecule has 0 aliphatic carbocycles. The maximum atomic E-state index is 12.5. The summed E-state index contributed by atoms with van der Waals surface area (Å²) >= 11 is 1.67. The molecule has 30 heavy (non-hydrogen) atoms. The van der Waals surface area contributed by atoms with Crippen molar-refractivity contribution in [1.82, 2.24) is 14.9 Å². The third kappa shape index (κ3) is 5.39. The van der Waals surface area contributed by atoms with Crippen LogP contribution in [0.3, 0.4) is 0 Å². The molecule has 2 atom stereocenters. The Kier molecular flexibility index (Phi) is 6.84. The highest BCUT2D eigenvalue weighted by Gasteiger charge is 2.48. The van der Waals surface area contributed by atoms with Crippen LogP contribution in [0.2, 0.25) is 0 Å². The highest BCUT2D eigenvalue weighted by atomic mass is 32.1. The number of piperidine rings is 1. The van der Waals surface area contributed by atoms with E-state index < -0.39 is 11.4 Å². The molecule has 162 valence electrons. The topological polar surface area (TPSA) is 66.3 Å². The second kappa shape index (κ2) is 9.03. The molecule has 5 nitrogen and oxygen atoms in total. The number of carboxylic acids is 1. The lowest BCUT2D eigenvalue weighted by Crippen LogP contribution is -2.53. The van der Waals surface area contributed by atoms with Gasteiger partial charge in [-0.1, -0.05) is 34.6 Å². The first-order valence-corrected chi connectivity index (χ1v) is 11.6. The Morgan fingerprint density at radius 3 is 2.77 bits per heavy atom. The van der Waals surface area contributed by atoms with E-state index in [1.165, 1.54) is 4.88 Å². The molecule has 3 rings (SSSR count). The summed E-state index contributed by atoms with van der Waals surface area (Å²) in [6.07, 6.45) is 6.73. The van der Waals surface area contributed by atoms with Gasteiger partial charge in [-0.05, 0) is 54.7 Å². The Morgan fingerprint density at radius 2 is 2.17 bits per heavy atom. The maximum absolute atomic E-state index is 12.5. The molecule has 0 spiro atoms. The zero-order chi connectivity index (χ0) is 21.9. The fourth-order valence-electron chi connectivity index (χ4n) is 4.27. The van der Waals surface area contributed by atoms with E-state index in [1.54, 1.807) is 17.5 Å². The van der Waals surface area contributed by atoms with Gasteiger partial charge in [-0.3, -0.25) is 9.69 Å². The van der Waals surface area contributed by atoms with Crippen LogP contribution >= 0.6 is 11.3 Å². The number of aliphatic carboxylic acids is 1. The number of rotatable bonds is 7. The monoisotopic (exact) mass is 427 g/mol. The minimum atomic E-state index is -0.673. The summed E-state index contributed by atoms with van der Waals surface area (Å²) in [5.74, 6) is 0.868. The van der Waals surface area contributed by atoms with Crippen LogP contribution < -0.4 is 0 Å². The van der Waals surface area contributed by atoms with Gasteiger partial charge in [0.1, 0.15) is 0 Å². The number of aromatic nitrogens is 2. The van der Waals surface area contributed by atoms with E-state index in [0.29, 0.717) is 24.2 Å². The zero-order valence-corrected chi connectivity index (χ0v) is 19.6. The molecule has 1 fully saturated rings. The average molecular weight is 428 g/mol. The third-order valence-corrected chi connectivity index (χ3v) is 7.33. The predicted octanol–water partition coefficient (Wildman–Crippen LogP) is 5.18. The van der Waals surface area contributed by atoms with Crippen molar-refractivity contribution < 1.29 is 9.90 Å². The summed E-state index contributed by atoms with van der Waals surface area (Å²) in [5.41, 5.74) is -0.601. The van der Waals surface area contributed by atoms with E-state index in [2.05, 4.69) is 67.8 Å². The Balaban J connectivity index is 1.82. The first-order chi connectivity index (χ1) is 14.1. The summed E-state index contributed by atoms with van der Waals surface area (Å²) in [6, 6.07) is 6.87. The molecule has 0 amide bonds. The molecule has 3 heterocycles. The van der Waals surface area contributed by atoms with E-state index in [4.69, 9.17) is 0 Å². The quantitative estimate of drug-likeness (QED) is 0.659. The lowest BCUT2D eigenvalue weighted by molar-refractivity contribution is -0.157. The van der Waals surface area contributed by atoms with E-state index in [1.807, 2.05) is 6.07 Å². The molecule has 1 N–H and O–H groups in total. The van der Waals surface area contributed by atoms with Gasteiger partial charge in [0.15, 0.2) is 5.82 Å². The second-order valence-corrected chi connectivity index (χ2v) is 11.3. The van der Waals surface area contributed by atoms with E-state index >= 15 is 0 Å². The van der Waals surface area contributed by atoms with Crippen molar-refractivity contribution in [1.29, 1.82) is 0 Å². The maximum Gasteiger partial charge on any atom is 0.310 e. The van der Waals surface area contributed by atoms with Crippen LogP contribution in [0.1, 0.15) is 58.8 Å². The van der Waals surface area contributed by atoms with E-state index in [-0.39, 0.29) is 5.41 Å². The fourth-order valence-corrected chi connectivity index (χ4v) is 5.26. The molecule has 0 saturated carbocycles. The SMILES string of the molecule is CC(C)CC[C@@]1(C(=O)O)C[C@@H](C(C)(C)C)CN(Cc2ccc(-c3nc#ccn3)s2)C1. The van der Waals surface area contributed by atoms with Gasteiger partial charge in [0.25, 0.3) is 0 Å². The lowest BCUT2D eigenvalue weighted by atomic mass is 9.65. The normalized spacial score (nSPS) is 22.8. The van der Waals surface area contributed by atoms with Crippen LogP contribution in [-0.2, 0) is 11.3 Å². The standard InChI is InChI=1S/C24H33N3O2S/c1-17(2)9-10-24(22(28)29)13-18(23(3,4)5)14-27(16-24)15-19-7-8-20(30-19)21-25-11-6-12-26-21/h7-8,11,17-18H,9-10,13-16H2,1-5H3,(H,28,29)/t18-,24-/m1/s1. The number of carboxylic acid groups (broad SMARTS) is 1. The van der Waals surface area contributed by atoms with Crippen molar-refractivity contribution in [2.75, 3.05) is 13.1 Å². The van der Waals surface area contributed by atoms with Gasteiger partial charge >= 0.3 is 5.97 Å². The summed E-state index contributed by atoms with van der Waals surface area (Å²) in [6.45, 7) is 13.4. The van der Waals surface area contributed by atoms with Gasteiger partial charge in [0.2, 0.25) is 0 Å². The highest BCUT2D eigenvalue weighted by Crippen LogP contribution is 2.45. The van der Waals surface area contributed by atoms with Crippen LogP contribution in [0.4, 0.5) is 0 Å². The molecule has 0 aromatic carbocycles. The predicted molar refractivity (Wildman–Crippen MR) is 120 cm³/mol. The smallest absolute Gasteiger partial charge is 0.310 e. The van der Waals surface area contributed by atoms with Crippen LogP contribution in [-0.4, -0.2) is 39.0 Å². The minimum Gasteiger partial charge on any atom is -0.481 e. The molecular weight excluding hydrogens is 394 g/mol. The molecule has 2 aromatic rings. The molecular formula is C24H33N3O2S. The number of carbonyl (C=O) groups is 1. The Hall–Kier alpha value is -1.97. The van der Waals surface area contributed by atoms with Crippen LogP contribution in [0.25, 0.3) is 10.7 Å². The van der Waals surface area contributed by atoms with Crippen LogP contribution in [0.5, 0.6) is 0 Å². The first-order valence-electron chi connectivity index (χ1n) is 10.7. The summed E-state index contributed by atoms with van der Waals surface area (Å²) < 4.78 is 0. The molecule has 1 saturated heterocycles. The van der Waals surface area contributed by atoms with Gasteiger partial charge in [0.05, 0.1) is 16.5 Å². The number of hydrogen-bond acceptors (Lipinski definition) is 5. The molecule has 2 aromatic heterocycles. The Bertz CT molecular complexity index is 844. The Labute approximate surface area is 184 Å². The van der Waals surface area contributed by atoms with E-state index in [9.17, 15) is 9.90 Å². The van der Waals surface area contributed by atoms with Crippen molar-refractivity contribution >= 4 is 17.3 Å². The van der Waals surface area contributed by atoms with Crippen molar-refractivity contribution in [3.8, 4) is 10.7 Å². The van der Waals surface area contributed by atoms with Gasteiger partial charge in [-0.2, -0.15) is 4.98 Å². The van der Waals surface area contributed by atoms with Crippen molar-refractivity contribution in [2.45, 2.75) is 60.4 Å². The summed E-state index contributed by atoms with van der Waals surface area (Å²) in [5, 5.41) is 10.3. The molecule has 0 radical (unpaired) electrons. The van der Waals surface area contributed by atoms with Crippen molar-refractivity contribution in [3.05, 3.63) is 35.5 Å². The number of nitrogens with zero attached hydrogens (tertiary/aromatic N) is 3. The second-order valence-electron chi connectivity index (χ2n) is 10.2. The number of thiophene rings is 1. The van der Waals surface area contributed by atoms with Crippen LogP contribution in [0.15, 0.2) is 18.3 Å². The number of likely N-dealkylation sites (tertiary alicyclic amines) is 1. The van der Waals surface area contributed by atoms with Gasteiger partial charge in [0, 0.05) is 30.7 Å². The molecule has 0 unspecified atom stereocenters. The zero-order valence-electron chi connectivity index (χ0n) is 18.7. The first kappa shape index (κ1) is 22.7. The summed E-state index contributed by atoms with van der Waals surface area (Å²) in [7, 11) is 0. The molecule has 1 aliphatic rings. The molecule has 6 heteroatoms. The van der Waals surface area contributed by atoms with Gasteiger partial charge in [-0.25, -0.2) is 4.98 Å². The van der Waals surface area contributed by atoms with Gasteiger partial charge in [-0.15, -0.1) is 11.3 Å². The highest BCUT2D eigenvalue weighted by molar-refractivity contribution is 7.15. The molecule has 0 bridgehead atoms. The minimum absolute atomic E-state index is 0.0715. The Morgan fingerprint density at radius 1 is 1.40 bits per heavy atom. The lowest BCUT2D eigenvalue weighted by Gasteiger charge is -2.48. The third-order valence-electron chi connectivity index (χ3n) is 6.26. The fraction of sp³-hybridized carbons (Fsp3) is 0.625. The van der Waals surface area contributed by atoms with E-state index in [0.717, 1.165) is 37.2 Å². The average Bonchev–Trinajstić information content (AvgIpc) is 3.14. The van der Waals surface area contributed by atoms with Crippen molar-refractivity contribution in [2.24, 2.45) is 22.7 Å². The largest absolute Gasteiger partial charge is 0.481 e. The molecule has 1 aliphatic heterocycles.